The lowest BCUT2D eigenvalue weighted by Crippen LogP contribution is -2.31. The first kappa shape index (κ1) is 11.6. The zero-order chi connectivity index (χ0) is 11.4. The van der Waals surface area contributed by atoms with Crippen LogP contribution in [-0.2, 0) is 4.74 Å². The number of hydrogen-bond acceptors (Lipinski definition) is 3. The van der Waals surface area contributed by atoms with Crippen molar-refractivity contribution in [3.8, 4) is 0 Å². The van der Waals surface area contributed by atoms with Gasteiger partial charge in [-0.05, 0) is 30.8 Å². The van der Waals surface area contributed by atoms with E-state index in [9.17, 15) is 0 Å². The van der Waals surface area contributed by atoms with E-state index < -0.39 is 0 Å². The molecule has 0 atom stereocenters. The van der Waals surface area contributed by atoms with Crippen LogP contribution in [-0.4, -0.2) is 31.2 Å². The van der Waals surface area contributed by atoms with E-state index in [-0.39, 0.29) is 0 Å². The molecule has 0 N–H and O–H groups in total. The highest BCUT2D eigenvalue weighted by atomic mass is 32.1. The van der Waals surface area contributed by atoms with Gasteiger partial charge in [0.15, 0.2) is 0 Å². The molecule has 0 aliphatic carbocycles. The normalized spacial score (nSPS) is 17.0. The predicted octanol–water partition coefficient (Wildman–Crippen LogP) is 2.59. The van der Waals surface area contributed by atoms with E-state index in [4.69, 9.17) is 4.74 Å². The van der Waals surface area contributed by atoms with Gasteiger partial charge >= 0.3 is 0 Å². The number of hydrogen-bond donors (Lipinski definition) is 1. The van der Waals surface area contributed by atoms with Crippen molar-refractivity contribution < 1.29 is 4.74 Å². The Labute approximate surface area is 102 Å². The summed E-state index contributed by atoms with van der Waals surface area (Å²) in [7, 11) is 0. The molecule has 0 bridgehead atoms. The van der Waals surface area contributed by atoms with Crippen LogP contribution in [0.15, 0.2) is 29.3 Å². The van der Waals surface area contributed by atoms with Crippen molar-refractivity contribution >= 4 is 18.7 Å². The summed E-state index contributed by atoms with van der Waals surface area (Å²) in [5, 5.41) is 0. The average Bonchev–Trinajstić information content (AvgIpc) is 2.32. The van der Waals surface area contributed by atoms with Crippen LogP contribution >= 0.6 is 12.6 Å². The van der Waals surface area contributed by atoms with Gasteiger partial charge in [-0.3, -0.25) is 0 Å². The van der Waals surface area contributed by atoms with Crippen LogP contribution in [0.1, 0.15) is 11.1 Å². The molecule has 1 heterocycles. The van der Waals surface area contributed by atoms with Gasteiger partial charge in [0.1, 0.15) is 0 Å². The lowest BCUT2D eigenvalue weighted by Gasteiger charge is -2.25. The quantitative estimate of drug-likeness (QED) is 0.791. The molecule has 1 saturated heterocycles. The minimum atomic E-state index is 0.825. The molecule has 16 heavy (non-hydrogen) atoms. The van der Waals surface area contributed by atoms with Gasteiger partial charge in [-0.1, -0.05) is 17.7 Å². The molecule has 0 saturated carbocycles. The summed E-state index contributed by atoms with van der Waals surface area (Å²) in [4.78, 5) is 3.30. The summed E-state index contributed by atoms with van der Waals surface area (Å²) < 4.78 is 5.30. The largest absolute Gasteiger partial charge is 0.378 e. The Kier molecular flexibility index (Phi) is 3.91. The van der Waals surface area contributed by atoms with Crippen LogP contribution in [0, 0.1) is 6.92 Å². The van der Waals surface area contributed by atoms with Gasteiger partial charge in [0.2, 0.25) is 0 Å². The van der Waals surface area contributed by atoms with E-state index in [0.717, 1.165) is 31.2 Å². The van der Waals surface area contributed by atoms with Crippen LogP contribution in [0.4, 0.5) is 0 Å². The molecule has 1 aliphatic rings. The van der Waals surface area contributed by atoms with Crippen molar-refractivity contribution in [1.82, 2.24) is 4.90 Å². The van der Waals surface area contributed by atoms with E-state index in [0.29, 0.717) is 0 Å². The topological polar surface area (TPSA) is 12.5 Å². The molecule has 1 fully saturated rings. The van der Waals surface area contributed by atoms with Crippen molar-refractivity contribution in [2.75, 3.05) is 26.3 Å². The number of morpholine rings is 1. The molecule has 1 aromatic carbocycles. The SMILES string of the molecule is Cc1ccc(S)c(/C=C/N2CCOCC2)c1. The Bertz CT molecular complexity index is 384. The Morgan fingerprint density at radius 2 is 2.06 bits per heavy atom. The van der Waals surface area contributed by atoms with Gasteiger partial charge in [0.05, 0.1) is 13.2 Å². The highest BCUT2D eigenvalue weighted by Gasteiger charge is 2.05. The summed E-state index contributed by atoms with van der Waals surface area (Å²) >= 11 is 4.45. The van der Waals surface area contributed by atoms with E-state index in [1.54, 1.807) is 0 Å². The molecule has 0 aromatic heterocycles. The first-order valence-electron chi connectivity index (χ1n) is 5.55. The molecule has 2 nitrogen and oxygen atoms in total. The van der Waals surface area contributed by atoms with Crippen molar-refractivity contribution in [1.29, 1.82) is 0 Å². The fraction of sp³-hybridized carbons (Fsp3) is 0.385. The lowest BCUT2D eigenvalue weighted by atomic mass is 10.1. The standard InChI is InChI=1S/C13H17NOS/c1-11-2-3-13(16)12(10-11)4-5-14-6-8-15-9-7-14/h2-5,10,16H,6-9H2,1H3/b5-4+. The molecule has 2 rings (SSSR count). The maximum atomic E-state index is 5.30. The van der Waals surface area contributed by atoms with Crippen molar-refractivity contribution in [2.45, 2.75) is 11.8 Å². The second-order valence-electron chi connectivity index (χ2n) is 4.03. The van der Waals surface area contributed by atoms with Crippen LogP contribution in [0.25, 0.3) is 6.08 Å². The van der Waals surface area contributed by atoms with Gasteiger partial charge in [-0.25, -0.2) is 0 Å². The third-order valence-electron chi connectivity index (χ3n) is 2.69. The molecule has 0 radical (unpaired) electrons. The molecular weight excluding hydrogens is 218 g/mol. The zero-order valence-electron chi connectivity index (χ0n) is 9.52. The number of benzene rings is 1. The maximum Gasteiger partial charge on any atom is 0.0642 e. The molecule has 86 valence electrons. The Morgan fingerprint density at radius 1 is 1.31 bits per heavy atom. The van der Waals surface area contributed by atoms with Crippen molar-refractivity contribution in [3.63, 3.8) is 0 Å². The molecule has 0 spiro atoms. The number of aryl methyl sites for hydroxylation is 1. The molecule has 1 aliphatic heterocycles. The van der Waals surface area contributed by atoms with Gasteiger partial charge in [0, 0.05) is 18.0 Å². The minimum absolute atomic E-state index is 0.825. The van der Waals surface area contributed by atoms with Gasteiger partial charge in [-0.2, -0.15) is 0 Å². The third kappa shape index (κ3) is 3.03. The smallest absolute Gasteiger partial charge is 0.0642 e. The zero-order valence-corrected chi connectivity index (χ0v) is 10.4. The lowest BCUT2D eigenvalue weighted by molar-refractivity contribution is 0.0597. The van der Waals surface area contributed by atoms with E-state index >= 15 is 0 Å². The Hall–Kier alpha value is -0.930. The van der Waals surface area contributed by atoms with Gasteiger partial charge in [-0.15, -0.1) is 12.6 Å². The first-order valence-corrected chi connectivity index (χ1v) is 6.00. The molecule has 3 heteroatoms. The second kappa shape index (κ2) is 5.41. The average molecular weight is 235 g/mol. The number of ether oxygens (including phenoxy) is 1. The fourth-order valence-corrected chi connectivity index (χ4v) is 1.93. The maximum absolute atomic E-state index is 5.30. The van der Waals surface area contributed by atoms with E-state index in [1.165, 1.54) is 11.1 Å². The Morgan fingerprint density at radius 3 is 2.81 bits per heavy atom. The second-order valence-corrected chi connectivity index (χ2v) is 4.51. The number of rotatable bonds is 2. The molecule has 1 aromatic rings. The summed E-state index contributed by atoms with van der Waals surface area (Å²) in [5.74, 6) is 0. The van der Waals surface area contributed by atoms with Crippen molar-refractivity contribution in [3.05, 3.63) is 35.5 Å². The summed E-state index contributed by atoms with van der Waals surface area (Å²) in [6.45, 7) is 5.70. The highest BCUT2D eigenvalue weighted by molar-refractivity contribution is 7.80. The van der Waals surface area contributed by atoms with Gasteiger partial charge < -0.3 is 9.64 Å². The van der Waals surface area contributed by atoms with E-state index in [1.807, 2.05) is 6.07 Å². The summed E-state index contributed by atoms with van der Waals surface area (Å²) in [6, 6.07) is 6.27. The van der Waals surface area contributed by atoms with E-state index in [2.05, 4.69) is 48.9 Å². The fourth-order valence-electron chi connectivity index (χ4n) is 1.72. The van der Waals surface area contributed by atoms with Crippen LogP contribution < -0.4 is 0 Å². The minimum Gasteiger partial charge on any atom is -0.378 e. The highest BCUT2D eigenvalue weighted by Crippen LogP contribution is 2.17. The molecule has 0 amide bonds. The van der Waals surface area contributed by atoms with Crippen LogP contribution in [0.2, 0.25) is 0 Å². The van der Waals surface area contributed by atoms with Crippen molar-refractivity contribution in [2.24, 2.45) is 0 Å². The molecule has 0 unspecified atom stereocenters. The third-order valence-corrected chi connectivity index (χ3v) is 3.10. The summed E-state index contributed by atoms with van der Waals surface area (Å²) in [5.41, 5.74) is 2.44. The molecular formula is C13H17NOS. The predicted molar refractivity (Wildman–Crippen MR) is 69.9 cm³/mol. The first-order chi connectivity index (χ1) is 7.75. The van der Waals surface area contributed by atoms with Crippen LogP contribution in [0.3, 0.4) is 0 Å². The summed E-state index contributed by atoms with van der Waals surface area (Å²) in [6.07, 6.45) is 4.26. The number of thiol groups is 1. The monoisotopic (exact) mass is 235 g/mol. The van der Waals surface area contributed by atoms with Gasteiger partial charge in [0.25, 0.3) is 0 Å². The Balaban J connectivity index is 2.07. The number of nitrogens with zero attached hydrogens (tertiary/aromatic N) is 1. The van der Waals surface area contributed by atoms with Crippen LogP contribution in [0.5, 0.6) is 0 Å².